The van der Waals surface area contributed by atoms with Crippen LogP contribution in [0.1, 0.15) is 51.8 Å². The number of piperidine rings is 1. The highest BCUT2D eigenvalue weighted by molar-refractivity contribution is 5.76. The molecule has 0 saturated carbocycles. The monoisotopic (exact) mass is 292 g/mol. The number of nitrogens with two attached hydrogens (primary N) is 1. The lowest BCUT2D eigenvalue weighted by molar-refractivity contribution is -0.133. The van der Waals surface area contributed by atoms with E-state index in [-0.39, 0.29) is 11.9 Å². The second-order valence-corrected chi connectivity index (χ2v) is 6.48. The van der Waals surface area contributed by atoms with Crippen LogP contribution in [-0.2, 0) is 11.3 Å². The lowest BCUT2D eigenvalue weighted by Gasteiger charge is -2.34. The largest absolute Gasteiger partial charge is 0.342 e. The van der Waals surface area contributed by atoms with Gasteiger partial charge in [0.25, 0.3) is 0 Å². The summed E-state index contributed by atoms with van der Waals surface area (Å²) in [5.41, 5.74) is 5.98. The average molecular weight is 292 g/mol. The number of amides is 1. The molecule has 1 aromatic heterocycles. The second kappa shape index (κ2) is 7.07. The zero-order valence-corrected chi connectivity index (χ0v) is 13.5. The molecule has 1 aromatic rings. The number of hydrogen-bond acceptors (Lipinski definition) is 3. The first-order valence-electron chi connectivity index (χ1n) is 8.03. The number of carbonyl (C=O) groups is 1. The summed E-state index contributed by atoms with van der Waals surface area (Å²) in [6.07, 6.45) is 6.53. The number of likely N-dealkylation sites (tertiary alicyclic amines) is 1. The summed E-state index contributed by atoms with van der Waals surface area (Å²) in [6.45, 7) is 8.70. The van der Waals surface area contributed by atoms with Crippen LogP contribution in [0.3, 0.4) is 0 Å². The number of rotatable bonds is 5. The van der Waals surface area contributed by atoms with Crippen LogP contribution in [-0.4, -0.2) is 39.5 Å². The van der Waals surface area contributed by atoms with Crippen molar-refractivity contribution in [3.63, 3.8) is 0 Å². The molecule has 0 radical (unpaired) electrons. The zero-order valence-electron chi connectivity index (χ0n) is 13.5. The van der Waals surface area contributed by atoms with Gasteiger partial charge in [0, 0.05) is 50.4 Å². The molecule has 0 spiro atoms. The minimum Gasteiger partial charge on any atom is -0.342 e. The van der Waals surface area contributed by atoms with Crippen molar-refractivity contribution in [3.05, 3.63) is 18.2 Å². The predicted molar refractivity (Wildman–Crippen MR) is 83.9 cm³/mol. The highest BCUT2D eigenvalue weighted by Crippen LogP contribution is 2.20. The molecule has 5 heteroatoms. The van der Waals surface area contributed by atoms with Crippen molar-refractivity contribution in [1.82, 2.24) is 14.5 Å². The van der Waals surface area contributed by atoms with Gasteiger partial charge in [-0.25, -0.2) is 4.98 Å². The van der Waals surface area contributed by atoms with Crippen LogP contribution in [0.15, 0.2) is 12.4 Å². The Kier molecular flexibility index (Phi) is 5.39. The molecule has 118 valence electrons. The van der Waals surface area contributed by atoms with E-state index in [1.807, 2.05) is 24.2 Å². The standard InChI is InChI=1S/C16H28N4O/c1-12(2)16-18-7-10-19(16)9-6-15(21)20-8-4-5-14(11-20)13(3)17/h7,10,12-14H,4-6,8-9,11,17H2,1-3H3. The number of aryl methyl sites for hydroxylation is 1. The van der Waals surface area contributed by atoms with Crippen molar-refractivity contribution in [1.29, 1.82) is 0 Å². The maximum absolute atomic E-state index is 12.4. The summed E-state index contributed by atoms with van der Waals surface area (Å²) in [7, 11) is 0. The summed E-state index contributed by atoms with van der Waals surface area (Å²) in [4.78, 5) is 18.7. The third kappa shape index (κ3) is 4.06. The van der Waals surface area contributed by atoms with E-state index in [0.717, 1.165) is 31.8 Å². The predicted octanol–water partition coefficient (Wildman–Crippen LogP) is 1.98. The van der Waals surface area contributed by atoms with E-state index in [1.165, 1.54) is 0 Å². The van der Waals surface area contributed by atoms with E-state index in [1.54, 1.807) is 0 Å². The first-order chi connectivity index (χ1) is 9.99. The Hall–Kier alpha value is -1.36. The van der Waals surface area contributed by atoms with Crippen LogP contribution in [0.2, 0.25) is 0 Å². The molecule has 2 atom stereocenters. The molecule has 1 aliphatic heterocycles. The van der Waals surface area contributed by atoms with Crippen molar-refractivity contribution >= 4 is 5.91 Å². The third-order valence-electron chi connectivity index (χ3n) is 4.38. The van der Waals surface area contributed by atoms with E-state index in [4.69, 9.17) is 5.73 Å². The van der Waals surface area contributed by atoms with Crippen LogP contribution < -0.4 is 5.73 Å². The van der Waals surface area contributed by atoms with Gasteiger partial charge in [-0.1, -0.05) is 13.8 Å². The fourth-order valence-electron chi connectivity index (χ4n) is 3.05. The fraction of sp³-hybridized carbons (Fsp3) is 0.750. The van der Waals surface area contributed by atoms with Crippen LogP contribution in [0.4, 0.5) is 0 Å². The maximum Gasteiger partial charge on any atom is 0.224 e. The molecule has 1 amide bonds. The van der Waals surface area contributed by atoms with Crippen LogP contribution in [0.25, 0.3) is 0 Å². The normalized spacial score (nSPS) is 20.8. The Morgan fingerprint density at radius 2 is 2.24 bits per heavy atom. The number of nitrogens with zero attached hydrogens (tertiary/aromatic N) is 3. The van der Waals surface area contributed by atoms with Crippen LogP contribution in [0, 0.1) is 5.92 Å². The average Bonchev–Trinajstić information content (AvgIpc) is 2.93. The van der Waals surface area contributed by atoms with Gasteiger partial charge in [0.1, 0.15) is 5.82 Å². The zero-order chi connectivity index (χ0) is 15.4. The summed E-state index contributed by atoms with van der Waals surface area (Å²) >= 11 is 0. The van der Waals surface area contributed by atoms with Crippen molar-refractivity contribution < 1.29 is 4.79 Å². The molecule has 21 heavy (non-hydrogen) atoms. The number of hydrogen-bond donors (Lipinski definition) is 1. The Balaban J connectivity index is 1.88. The van der Waals surface area contributed by atoms with E-state index < -0.39 is 0 Å². The van der Waals surface area contributed by atoms with Crippen molar-refractivity contribution in [2.24, 2.45) is 11.7 Å². The summed E-state index contributed by atoms with van der Waals surface area (Å²) in [6, 6.07) is 0.168. The molecule has 2 heterocycles. The lowest BCUT2D eigenvalue weighted by Crippen LogP contribution is -2.45. The molecule has 2 N–H and O–H groups in total. The smallest absolute Gasteiger partial charge is 0.224 e. The molecular weight excluding hydrogens is 264 g/mol. The third-order valence-corrected chi connectivity index (χ3v) is 4.38. The number of aromatic nitrogens is 2. The minimum atomic E-state index is 0.168. The fourth-order valence-corrected chi connectivity index (χ4v) is 3.05. The van der Waals surface area contributed by atoms with Crippen LogP contribution in [0.5, 0.6) is 0 Å². The molecule has 0 aliphatic carbocycles. The first-order valence-corrected chi connectivity index (χ1v) is 8.03. The van der Waals surface area contributed by atoms with E-state index >= 15 is 0 Å². The molecule has 2 rings (SSSR count). The van der Waals surface area contributed by atoms with Gasteiger partial charge in [0.05, 0.1) is 0 Å². The maximum atomic E-state index is 12.4. The Labute approximate surface area is 127 Å². The molecule has 1 aliphatic rings. The Bertz CT molecular complexity index is 467. The van der Waals surface area contributed by atoms with Gasteiger partial charge in [0.15, 0.2) is 0 Å². The topological polar surface area (TPSA) is 64.2 Å². The molecular formula is C16H28N4O. The number of imidazole rings is 1. The summed E-state index contributed by atoms with van der Waals surface area (Å²) in [5, 5.41) is 0. The lowest BCUT2D eigenvalue weighted by atomic mass is 9.92. The van der Waals surface area contributed by atoms with Gasteiger partial charge >= 0.3 is 0 Å². The van der Waals surface area contributed by atoms with Crippen LogP contribution >= 0.6 is 0 Å². The molecule has 5 nitrogen and oxygen atoms in total. The quantitative estimate of drug-likeness (QED) is 0.902. The molecule has 1 fully saturated rings. The summed E-state index contributed by atoms with van der Waals surface area (Å²) < 4.78 is 2.09. The first kappa shape index (κ1) is 16.0. The highest BCUT2D eigenvalue weighted by Gasteiger charge is 2.25. The van der Waals surface area contributed by atoms with Gasteiger partial charge in [-0.15, -0.1) is 0 Å². The highest BCUT2D eigenvalue weighted by atomic mass is 16.2. The van der Waals surface area contributed by atoms with Crippen molar-refractivity contribution in [2.75, 3.05) is 13.1 Å². The van der Waals surface area contributed by atoms with E-state index in [2.05, 4.69) is 23.4 Å². The van der Waals surface area contributed by atoms with Gasteiger partial charge < -0.3 is 15.2 Å². The molecule has 2 unspecified atom stereocenters. The van der Waals surface area contributed by atoms with E-state index in [9.17, 15) is 4.79 Å². The molecule has 0 bridgehead atoms. The molecule has 1 saturated heterocycles. The molecule has 0 aromatic carbocycles. The minimum absolute atomic E-state index is 0.168. The second-order valence-electron chi connectivity index (χ2n) is 6.48. The van der Waals surface area contributed by atoms with Gasteiger partial charge in [0.2, 0.25) is 5.91 Å². The Morgan fingerprint density at radius 3 is 2.90 bits per heavy atom. The van der Waals surface area contributed by atoms with Gasteiger partial charge in [-0.2, -0.15) is 0 Å². The number of carbonyl (C=O) groups excluding carboxylic acids is 1. The van der Waals surface area contributed by atoms with Gasteiger partial charge in [-0.05, 0) is 25.7 Å². The van der Waals surface area contributed by atoms with Crippen molar-refractivity contribution in [3.8, 4) is 0 Å². The SMILES string of the molecule is CC(C)c1nccn1CCC(=O)N1CCCC(C(C)N)C1. The van der Waals surface area contributed by atoms with Gasteiger partial charge in [-0.3, -0.25) is 4.79 Å². The van der Waals surface area contributed by atoms with E-state index in [0.29, 0.717) is 24.8 Å². The summed E-state index contributed by atoms with van der Waals surface area (Å²) in [5.74, 6) is 2.12. The Morgan fingerprint density at radius 1 is 1.48 bits per heavy atom. The van der Waals surface area contributed by atoms with Crippen molar-refractivity contribution in [2.45, 2.75) is 58.5 Å².